The summed E-state index contributed by atoms with van der Waals surface area (Å²) < 4.78 is 0.351. The molecule has 0 aromatic heterocycles. The highest BCUT2D eigenvalue weighted by Crippen LogP contribution is 2.26. The topological polar surface area (TPSA) is 72.7 Å². The van der Waals surface area contributed by atoms with Gasteiger partial charge in [0.1, 0.15) is 0 Å². The van der Waals surface area contributed by atoms with Crippen molar-refractivity contribution in [2.75, 3.05) is 13.2 Å². The van der Waals surface area contributed by atoms with Gasteiger partial charge in [-0.05, 0) is 40.9 Å². The Morgan fingerprint density at radius 1 is 1.44 bits per heavy atom. The summed E-state index contributed by atoms with van der Waals surface area (Å²) >= 11 is 3.08. The summed E-state index contributed by atoms with van der Waals surface area (Å²) in [5.74, 6) is -0.342. The molecule has 0 atom stereocenters. The van der Waals surface area contributed by atoms with Crippen molar-refractivity contribution in [1.29, 1.82) is 0 Å². The van der Waals surface area contributed by atoms with E-state index in [1.165, 1.54) is 23.3 Å². The van der Waals surface area contributed by atoms with Crippen molar-refractivity contribution in [2.45, 2.75) is 12.8 Å². The number of carbonyl (C=O) groups excluding carboxylic acids is 1. The molecule has 96 valence electrons. The molecular weight excluding hydrogens is 304 g/mol. The Morgan fingerprint density at radius 2 is 2.22 bits per heavy atom. The molecule has 1 aromatic rings. The van der Waals surface area contributed by atoms with Crippen LogP contribution in [0, 0.1) is 10.1 Å². The van der Waals surface area contributed by atoms with E-state index < -0.39 is 4.92 Å². The van der Waals surface area contributed by atoms with Crippen LogP contribution < -0.4 is 0 Å². The Kier molecular flexibility index (Phi) is 3.93. The van der Waals surface area contributed by atoms with Gasteiger partial charge in [0.25, 0.3) is 11.6 Å². The van der Waals surface area contributed by atoms with E-state index in [4.69, 9.17) is 4.84 Å². The van der Waals surface area contributed by atoms with Crippen molar-refractivity contribution in [2.24, 2.45) is 0 Å². The summed E-state index contributed by atoms with van der Waals surface area (Å²) in [6, 6.07) is 4.29. The molecule has 18 heavy (non-hydrogen) atoms. The summed E-state index contributed by atoms with van der Waals surface area (Å²) in [7, 11) is 0. The summed E-state index contributed by atoms with van der Waals surface area (Å²) in [6.45, 7) is 1.02. The third-order valence-electron chi connectivity index (χ3n) is 2.62. The fourth-order valence-electron chi connectivity index (χ4n) is 1.69. The SMILES string of the molecule is O=C(c1ccc(Br)c([N+](=O)[O-])c1)N1CCCCO1. The number of nitro groups is 1. The molecule has 1 aliphatic heterocycles. The number of rotatable bonds is 2. The van der Waals surface area contributed by atoms with E-state index in [1.54, 1.807) is 0 Å². The number of amides is 1. The first-order valence-corrected chi connectivity index (χ1v) is 6.27. The van der Waals surface area contributed by atoms with Crippen LogP contribution in [-0.2, 0) is 4.84 Å². The largest absolute Gasteiger partial charge is 0.284 e. The highest BCUT2D eigenvalue weighted by Gasteiger charge is 2.22. The maximum atomic E-state index is 12.0. The first kappa shape index (κ1) is 13.0. The van der Waals surface area contributed by atoms with Gasteiger partial charge in [-0.1, -0.05) is 0 Å². The molecule has 1 amide bonds. The molecule has 0 spiro atoms. The molecule has 0 bridgehead atoms. The van der Waals surface area contributed by atoms with Gasteiger partial charge in [-0.25, -0.2) is 5.06 Å². The molecule has 0 unspecified atom stereocenters. The van der Waals surface area contributed by atoms with Crippen LogP contribution >= 0.6 is 15.9 Å². The van der Waals surface area contributed by atoms with E-state index >= 15 is 0 Å². The van der Waals surface area contributed by atoms with Crippen LogP contribution in [0.4, 0.5) is 5.69 Å². The lowest BCUT2D eigenvalue weighted by molar-refractivity contribution is -0.385. The maximum Gasteiger partial charge on any atom is 0.284 e. The number of hydroxylamine groups is 2. The van der Waals surface area contributed by atoms with Gasteiger partial charge in [0.15, 0.2) is 0 Å². The summed E-state index contributed by atoms with van der Waals surface area (Å²) in [4.78, 5) is 27.5. The zero-order chi connectivity index (χ0) is 13.1. The van der Waals surface area contributed by atoms with Crippen LogP contribution in [-0.4, -0.2) is 29.0 Å². The summed E-state index contributed by atoms with van der Waals surface area (Å²) in [5, 5.41) is 12.1. The third kappa shape index (κ3) is 2.68. The molecule has 1 heterocycles. The van der Waals surface area contributed by atoms with Crippen LogP contribution in [0.25, 0.3) is 0 Å². The second kappa shape index (κ2) is 5.45. The van der Waals surface area contributed by atoms with Gasteiger partial charge in [-0.15, -0.1) is 0 Å². The standard InChI is InChI=1S/C11H11BrN2O4/c12-9-4-3-8(7-10(9)14(16)17)11(15)13-5-1-2-6-18-13/h3-4,7H,1-2,5-6H2. The van der Waals surface area contributed by atoms with Gasteiger partial charge in [0.05, 0.1) is 16.0 Å². The number of benzene rings is 1. The van der Waals surface area contributed by atoms with Crippen LogP contribution in [0.2, 0.25) is 0 Å². The molecule has 2 rings (SSSR count). The molecule has 0 N–H and O–H groups in total. The van der Waals surface area contributed by atoms with E-state index in [2.05, 4.69) is 15.9 Å². The minimum atomic E-state index is -0.530. The first-order valence-electron chi connectivity index (χ1n) is 5.48. The summed E-state index contributed by atoms with van der Waals surface area (Å²) in [6.07, 6.45) is 1.80. The Balaban J connectivity index is 2.24. The number of carbonyl (C=O) groups is 1. The average molecular weight is 315 g/mol. The number of hydrogen-bond donors (Lipinski definition) is 0. The van der Waals surface area contributed by atoms with Crippen LogP contribution in [0.15, 0.2) is 22.7 Å². The highest BCUT2D eigenvalue weighted by atomic mass is 79.9. The van der Waals surface area contributed by atoms with Gasteiger partial charge >= 0.3 is 0 Å². The molecule has 6 nitrogen and oxygen atoms in total. The molecule has 0 saturated carbocycles. The lowest BCUT2D eigenvalue weighted by atomic mass is 10.2. The van der Waals surface area contributed by atoms with Crippen molar-refractivity contribution < 1.29 is 14.6 Å². The normalized spacial score (nSPS) is 15.5. The number of nitro benzene ring substituents is 1. The predicted molar refractivity (Wildman–Crippen MR) is 67.0 cm³/mol. The molecule has 1 aromatic carbocycles. The molecule has 1 saturated heterocycles. The molecule has 1 aliphatic rings. The van der Waals surface area contributed by atoms with Gasteiger partial charge in [-0.3, -0.25) is 19.7 Å². The second-order valence-corrected chi connectivity index (χ2v) is 4.73. The smallest absolute Gasteiger partial charge is 0.271 e. The number of hydrogen-bond acceptors (Lipinski definition) is 4. The zero-order valence-electron chi connectivity index (χ0n) is 9.47. The zero-order valence-corrected chi connectivity index (χ0v) is 11.1. The number of nitrogens with zero attached hydrogens (tertiary/aromatic N) is 2. The minimum Gasteiger partial charge on any atom is -0.271 e. The lowest BCUT2D eigenvalue weighted by Gasteiger charge is -2.25. The molecular formula is C11H11BrN2O4. The van der Waals surface area contributed by atoms with E-state index in [0.717, 1.165) is 12.8 Å². The third-order valence-corrected chi connectivity index (χ3v) is 3.29. The van der Waals surface area contributed by atoms with E-state index in [0.29, 0.717) is 17.6 Å². The quantitative estimate of drug-likeness (QED) is 0.621. The molecule has 1 fully saturated rings. The Morgan fingerprint density at radius 3 is 2.83 bits per heavy atom. The van der Waals surface area contributed by atoms with Crippen LogP contribution in [0.5, 0.6) is 0 Å². The van der Waals surface area contributed by atoms with E-state index in [9.17, 15) is 14.9 Å². The molecule has 0 aliphatic carbocycles. The lowest BCUT2D eigenvalue weighted by Crippen LogP contribution is -2.35. The Hall–Kier alpha value is -1.47. The fraction of sp³-hybridized carbons (Fsp3) is 0.364. The average Bonchev–Trinajstić information content (AvgIpc) is 2.39. The summed E-state index contributed by atoms with van der Waals surface area (Å²) in [5.41, 5.74) is 0.129. The van der Waals surface area contributed by atoms with Gasteiger partial charge < -0.3 is 0 Å². The van der Waals surface area contributed by atoms with Gasteiger partial charge in [0.2, 0.25) is 0 Å². The maximum absolute atomic E-state index is 12.0. The van der Waals surface area contributed by atoms with Crippen molar-refractivity contribution in [3.63, 3.8) is 0 Å². The monoisotopic (exact) mass is 314 g/mol. The van der Waals surface area contributed by atoms with Gasteiger partial charge in [0, 0.05) is 18.2 Å². The van der Waals surface area contributed by atoms with Gasteiger partial charge in [-0.2, -0.15) is 0 Å². The minimum absolute atomic E-state index is 0.127. The van der Waals surface area contributed by atoms with Crippen LogP contribution in [0.1, 0.15) is 23.2 Å². The number of halogens is 1. The van der Waals surface area contributed by atoms with Crippen molar-refractivity contribution >= 4 is 27.5 Å². The fourth-order valence-corrected chi connectivity index (χ4v) is 2.08. The predicted octanol–water partition coefficient (Wildman–Crippen LogP) is 2.52. The van der Waals surface area contributed by atoms with Crippen molar-refractivity contribution in [3.05, 3.63) is 38.3 Å². The molecule has 0 radical (unpaired) electrons. The van der Waals surface area contributed by atoms with E-state index in [-0.39, 0.29) is 17.2 Å². The van der Waals surface area contributed by atoms with Crippen molar-refractivity contribution in [3.8, 4) is 0 Å². The van der Waals surface area contributed by atoms with Crippen molar-refractivity contribution in [1.82, 2.24) is 5.06 Å². The Bertz CT molecular complexity index is 486. The van der Waals surface area contributed by atoms with Crippen LogP contribution in [0.3, 0.4) is 0 Å². The van der Waals surface area contributed by atoms with E-state index in [1.807, 2.05) is 0 Å². The first-order chi connectivity index (χ1) is 8.59. The molecule has 7 heteroatoms. The highest BCUT2D eigenvalue weighted by molar-refractivity contribution is 9.10. The Labute approximate surface area is 112 Å². The second-order valence-electron chi connectivity index (χ2n) is 3.87.